The van der Waals surface area contributed by atoms with Crippen LogP contribution in [0.5, 0.6) is 0 Å². The number of nitrogens with one attached hydrogen (secondary N) is 1. The summed E-state index contributed by atoms with van der Waals surface area (Å²) in [6.45, 7) is 1.99. The summed E-state index contributed by atoms with van der Waals surface area (Å²) in [5, 5.41) is 3.08. The molecule has 0 aromatic carbocycles. The Bertz CT molecular complexity index is 673. The highest BCUT2D eigenvalue weighted by Crippen LogP contribution is 2.34. The van der Waals surface area contributed by atoms with E-state index in [2.05, 4.69) is 32.6 Å². The molecule has 1 N–H and O–H groups in total. The fourth-order valence-electron chi connectivity index (χ4n) is 2.74. The molecule has 4 nitrogen and oxygen atoms in total. The van der Waals surface area contributed by atoms with Crippen LogP contribution in [0.2, 0.25) is 0 Å². The predicted molar refractivity (Wildman–Crippen MR) is 88.4 cm³/mol. The molecule has 6 heteroatoms. The van der Waals surface area contributed by atoms with Crippen LogP contribution in [0.3, 0.4) is 0 Å². The van der Waals surface area contributed by atoms with Crippen LogP contribution in [0.4, 0.5) is 0 Å². The van der Waals surface area contributed by atoms with Crippen LogP contribution in [0.25, 0.3) is 0 Å². The van der Waals surface area contributed by atoms with Crippen molar-refractivity contribution in [3.05, 3.63) is 41.5 Å². The van der Waals surface area contributed by atoms with Crippen molar-refractivity contribution in [3.63, 3.8) is 0 Å². The van der Waals surface area contributed by atoms with Gasteiger partial charge in [0.15, 0.2) is 0 Å². The molecule has 2 aromatic rings. The molecule has 1 fully saturated rings. The number of aryl methyl sites for hydroxylation is 1. The molecule has 0 saturated heterocycles. The molecule has 0 amide bonds. The van der Waals surface area contributed by atoms with Crippen molar-refractivity contribution in [2.24, 2.45) is 0 Å². The maximum atomic E-state index is 12.1. The highest BCUT2D eigenvalue weighted by molar-refractivity contribution is 14.1. The molecule has 0 radical (unpaired) electrons. The van der Waals surface area contributed by atoms with Gasteiger partial charge >= 0.3 is 0 Å². The van der Waals surface area contributed by atoms with Crippen molar-refractivity contribution in [3.8, 4) is 0 Å². The average Bonchev–Trinajstić information content (AvgIpc) is 3.05. The van der Waals surface area contributed by atoms with Gasteiger partial charge in [0.25, 0.3) is 5.56 Å². The number of rotatable bonds is 3. The van der Waals surface area contributed by atoms with Gasteiger partial charge in [0.05, 0.1) is 20.0 Å². The molecule has 1 aliphatic carbocycles. The third-order valence-corrected chi connectivity index (χ3v) is 5.56. The summed E-state index contributed by atoms with van der Waals surface area (Å²) in [7, 11) is 0. The van der Waals surface area contributed by atoms with Crippen molar-refractivity contribution in [1.82, 2.24) is 15.0 Å². The number of aromatic nitrogens is 3. The average molecular weight is 401 g/mol. The molecule has 2 heterocycles. The van der Waals surface area contributed by atoms with Crippen molar-refractivity contribution < 1.29 is 0 Å². The molecule has 0 spiro atoms. The number of hydrogen-bond donors (Lipinski definition) is 1. The number of halogens is 1. The number of nitrogens with zero attached hydrogens (tertiary/aromatic N) is 2. The normalized spacial score (nSPS) is 15.9. The first-order valence-corrected chi connectivity index (χ1v) is 8.79. The minimum Gasteiger partial charge on any atom is -0.309 e. The van der Waals surface area contributed by atoms with E-state index in [1.54, 1.807) is 11.3 Å². The van der Waals surface area contributed by atoms with Crippen LogP contribution >= 0.6 is 33.9 Å². The molecule has 0 bridgehead atoms. The third kappa shape index (κ3) is 2.95. The zero-order valence-electron chi connectivity index (χ0n) is 11.3. The fraction of sp³-hybridized carbons (Fsp3) is 0.500. The van der Waals surface area contributed by atoms with E-state index < -0.39 is 0 Å². The third-order valence-electron chi connectivity index (χ3n) is 3.69. The number of H-pyrrole nitrogens is 1. The monoisotopic (exact) mass is 401 g/mol. The Morgan fingerprint density at radius 2 is 2.15 bits per heavy atom. The molecule has 1 saturated carbocycles. The van der Waals surface area contributed by atoms with Gasteiger partial charge in [-0.05, 0) is 42.4 Å². The van der Waals surface area contributed by atoms with E-state index in [9.17, 15) is 4.79 Å². The zero-order chi connectivity index (χ0) is 14.1. The molecule has 3 rings (SSSR count). The second-order valence-electron chi connectivity index (χ2n) is 5.23. The lowest BCUT2D eigenvalue weighted by Gasteiger charge is -2.11. The molecule has 0 atom stereocenters. The Hall–Kier alpha value is -0.760. The first kappa shape index (κ1) is 14.2. The lowest BCUT2D eigenvalue weighted by molar-refractivity contribution is 0.676. The molecule has 0 aliphatic heterocycles. The summed E-state index contributed by atoms with van der Waals surface area (Å²) in [6, 6.07) is 0. The maximum Gasteiger partial charge on any atom is 0.264 e. The molecule has 20 heavy (non-hydrogen) atoms. The van der Waals surface area contributed by atoms with Gasteiger partial charge in [-0.2, -0.15) is 0 Å². The van der Waals surface area contributed by atoms with E-state index in [-0.39, 0.29) is 5.56 Å². The van der Waals surface area contributed by atoms with E-state index in [1.807, 2.05) is 12.3 Å². The van der Waals surface area contributed by atoms with E-state index in [4.69, 9.17) is 4.98 Å². The smallest absolute Gasteiger partial charge is 0.264 e. The van der Waals surface area contributed by atoms with Crippen LogP contribution in [0, 0.1) is 10.5 Å². The van der Waals surface area contributed by atoms with Gasteiger partial charge in [0.1, 0.15) is 5.82 Å². The van der Waals surface area contributed by atoms with Crippen LogP contribution < -0.4 is 5.56 Å². The standard InChI is InChI=1S/C14H16IN3OS/c1-8-16-10(7-20-8)6-11-17-13(9-4-2-3-5-9)12(15)14(19)18-11/h7,9H,2-6H2,1H3,(H,17,18,19). The highest BCUT2D eigenvalue weighted by atomic mass is 127. The number of thiazole rings is 1. The molecule has 2 aromatic heterocycles. The Labute approximate surface area is 135 Å². The number of aromatic amines is 1. The highest BCUT2D eigenvalue weighted by Gasteiger charge is 2.23. The van der Waals surface area contributed by atoms with Gasteiger partial charge in [-0.15, -0.1) is 11.3 Å². The van der Waals surface area contributed by atoms with Crippen LogP contribution in [-0.4, -0.2) is 15.0 Å². The molecule has 1 aliphatic rings. The second-order valence-corrected chi connectivity index (χ2v) is 7.37. The van der Waals surface area contributed by atoms with Gasteiger partial charge in [0.2, 0.25) is 0 Å². The summed E-state index contributed by atoms with van der Waals surface area (Å²) < 4.78 is 0.757. The van der Waals surface area contributed by atoms with Crippen molar-refractivity contribution in [2.75, 3.05) is 0 Å². The van der Waals surface area contributed by atoms with Crippen LogP contribution in [0.15, 0.2) is 10.2 Å². The van der Waals surface area contributed by atoms with Crippen LogP contribution in [-0.2, 0) is 6.42 Å². The quantitative estimate of drug-likeness (QED) is 0.803. The summed E-state index contributed by atoms with van der Waals surface area (Å²) >= 11 is 3.75. The summed E-state index contributed by atoms with van der Waals surface area (Å²) in [6.07, 6.45) is 5.41. The molecule has 106 valence electrons. The molecule has 0 unspecified atom stereocenters. The Morgan fingerprint density at radius 1 is 1.40 bits per heavy atom. The predicted octanol–water partition coefficient (Wildman–Crippen LogP) is 3.39. The first-order valence-electron chi connectivity index (χ1n) is 6.83. The largest absolute Gasteiger partial charge is 0.309 e. The van der Waals surface area contributed by atoms with Gasteiger partial charge < -0.3 is 4.98 Å². The van der Waals surface area contributed by atoms with E-state index in [1.165, 1.54) is 12.8 Å². The minimum atomic E-state index is -0.00977. The Balaban J connectivity index is 1.93. The topological polar surface area (TPSA) is 58.6 Å². The van der Waals surface area contributed by atoms with E-state index in [0.29, 0.717) is 12.3 Å². The van der Waals surface area contributed by atoms with Gasteiger partial charge in [0, 0.05) is 17.7 Å². The van der Waals surface area contributed by atoms with Crippen molar-refractivity contribution >= 4 is 33.9 Å². The van der Waals surface area contributed by atoms with E-state index in [0.717, 1.165) is 38.6 Å². The van der Waals surface area contributed by atoms with Crippen molar-refractivity contribution in [1.29, 1.82) is 0 Å². The second kappa shape index (κ2) is 5.93. The van der Waals surface area contributed by atoms with E-state index >= 15 is 0 Å². The van der Waals surface area contributed by atoms with Crippen LogP contribution in [0.1, 0.15) is 53.8 Å². The van der Waals surface area contributed by atoms with Crippen molar-refractivity contribution in [2.45, 2.75) is 44.9 Å². The molecular formula is C14H16IN3OS. The fourth-order valence-corrected chi connectivity index (χ4v) is 4.05. The lowest BCUT2D eigenvalue weighted by atomic mass is 10.0. The summed E-state index contributed by atoms with van der Waals surface area (Å²) in [5.74, 6) is 1.20. The molecular weight excluding hydrogens is 385 g/mol. The zero-order valence-corrected chi connectivity index (χ0v) is 14.3. The lowest BCUT2D eigenvalue weighted by Crippen LogP contribution is -2.19. The van der Waals surface area contributed by atoms with Gasteiger partial charge in [-0.25, -0.2) is 9.97 Å². The number of hydrogen-bond acceptors (Lipinski definition) is 4. The summed E-state index contributed by atoms with van der Waals surface area (Å²) in [4.78, 5) is 24.1. The maximum absolute atomic E-state index is 12.1. The summed E-state index contributed by atoms with van der Waals surface area (Å²) in [5.41, 5.74) is 1.97. The Kier molecular flexibility index (Phi) is 4.21. The van der Waals surface area contributed by atoms with Gasteiger partial charge in [-0.3, -0.25) is 4.79 Å². The van der Waals surface area contributed by atoms with Gasteiger partial charge in [-0.1, -0.05) is 12.8 Å². The minimum absolute atomic E-state index is 0.00977. The SMILES string of the molecule is Cc1nc(Cc2nc(C3CCCC3)c(I)c(=O)[nH]2)cs1. The first-order chi connectivity index (χ1) is 9.63. The Morgan fingerprint density at radius 3 is 2.80 bits per heavy atom.